The van der Waals surface area contributed by atoms with Gasteiger partial charge in [-0.3, -0.25) is 4.79 Å². The molecule has 1 N–H and O–H groups in total. The average molecular weight is 289 g/mol. The van der Waals surface area contributed by atoms with Crippen molar-refractivity contribution >= 4 is 17.2 Å². The second-order valence-corrected chi connectivity index (χ2v) is 8.35. The van der Waals surface area contributed by atoms with Crippen molar-refractivity contribution in [2.24, 2.45) is 23.2 Å². The third-order valence-electron chi connectivity index (χ3n) is 5.85. The molecule has 4 fully saturated rings. The standard InChI is InChI=1S/C17H23NOS/c19-16(15-2-1-5-20-15)18-4-3-17-9-12-6-13(10-17)8-14(7-12)11-17/h1-2,5,12-14H,3-4,6-11H2,(H,18,19). The predicted octanol–water partition coefficient (Wildman–Crippen LogP) is 4.08. The van der Waals surface area contributed by atoms with Gasteiger partial charge in [-0.25, -0.2) is 0 Å². The highest BCUT2D eigenvalue weighted by Gasteiger charge is 2.50. The van der Waals surface area contributed by atoms with Crippen molar-refractivity contribution in [3.63, 3.8) is 0 Å². The fourth-order valence-corrected chi connectivity index (χ4v) is 6.17. The molecule has 4 saturated carbocycles. The van der Waals surface area contributed by atoms with E-state index in [4.69, 9.17) is 0 Å². The van der Waals surface area contributed by atoms with Crippen molar-refractivity contribution in [3.05, 3.63) is 22.4 Å². The van der Waals surface area contributed by atoms with Crippen LogP contribution in [0.2, 0.25) is 0 Å². The van der Waals surface area contributed by atoms with E-state index in [0.717, 1.165) is 29.2 Å². The van der Waals surface area contributed by atoms with Gasteiger partial charge in [-0.05, 0) is 79.6 Å². The van der Waals surface area contributed by atoms with Gasteiger partial charge in [-0.1, -0.05) is 6.07 Å². The fraction of sp³-hybridized carbons (Fsp3) is 0.706. The summed E-state index contributed by atoms with van der Waals surface area (Å²) >= 11 is 1.53. The van der Waals surface area contributed by atoms with Crippen LogP contribution in [0.4, 0.5) is 0 Å². The number of carbonyl (C=O) groups is 1. The van der Waals surface area contributed by atoms with E-state index < -0.39 is 0 Å². The molecule has 0 saturated heterocycles. The molecule has 5 rings (SSSR count). The molecule has 1 aromatic heterocycles. The van der Waals surface area contributed by atoms with Gasteiger partial charge in [0.15, 0.2) is 0 Å². The van der Waals surface area contributed by atoms with Crippen LogP contribution in [-0.4, -0.2) is 12.5 Å². The molecule has 0 spiro atoms. The summed E-state index contributed by atoms with van der Waals surface area (Å²) in [6, 6.07) is 3.85. The molecule has 2 nitrogen and oxygen atoms in total. The third-order valence-corrected chi connectivity index (χ3v) is 6.72. The SMILES string of the molecule is O=C(NCCC12CC3CC(CC(C3)C1)C2)c1cccs1. The first kappa shape index (κ1) is 12.9. The molecule has 0 aromatic carbocycles. The van der Waals surface area contributed by atoms with Crippen LogP contribution in [0, 0.1) is 23.2 Å². The molecule has 3 heteroatoms. The highest BCUT2D eigenvalue weighted by molar-refractivity contribution is 7.12. The summed E-state index contributed by atoms with van der Waals surface area (Å²) in [4.78, 5) is 12.8. The molecule has 1 amide bonds. The van der Waals surface area contributed by atoms with Gasteiger partial charge in [0.2, 0.25) is 0 Å². The quantitative estimate of drug-likeness (QED) is 0.889. The van der Waals surface area contributed by atoms with Crippen molar-refractivity contribution in [1.82, 2.24) is 5.32 Å². The van der Waals surface area contributed by atoms with Crippen LogP contribution in [-0.2, 0) is 0 Å². The molecule has 0 aliphatic heterocycles. The zero-order chi connectivity index (χ0) is 13.6. The largest absolute Gasteiger partial charge is 0.351 e. The molecule has 1 heterocycles. The smallest absolute Gasteiger partial charge is 0.261 e. The van der Waals surface area contributed by atoms with E-state index in [1.165, 1.54) is 56.3 Å². The van der Waals surface area contributed by atoms with E-state index in [2.05, 4.69) is 5.32 Å². The fourth-order valence-electron chi connectivity index (χ4n) is 5.53. The first-order chi connectivity index (χ1) is 9.72. The normalized spacial score (nSPS) is 38.1. The van der Waals surface area contributed by atoms with Crippen LogP contribution in [0.15, 0.2) is 17.5 Å². The minimum Gasteiger partial charge on any atom is -0.351 e. The number of amides is 1. The van der Waals surface area contributed by atoms with Gasteiger partial charge in [-0.15, -0.1) is 11.3 Å². The van der Waals surface area contributed by atoms with E-state index in [-0.39, 0.29) is 5.91 Å². The monoisotopic (exact) mass is 289 g/mol. The summed E-state index contributed by atoms with van der Waals surface area (Å²) in [5.74, 6) is 3.14. The van der Waals surface area contributed by atoms with E-state index in [0.29, 0.717) is 5.41 Å². The maximum Gasteiger partial charge on any atom is 0.261 e. The Balaban J connectivity index is 1.34. The number of carbonyl (C=O) groups excluding carboxylic acids is 1. The lowest BCUT2D eigenvalue weighted by Gasteiger charge is -2.57. The molecule has 4 bridgehead atoms. The van der Waals surface area contributed by atoms with Crippen molar-refractivity contribution in [2.75, 3.05) is 6.54 Å². The lowest BCUT2D eigenvalue weighted by molar-refractivity contribution is -0.0564. The maximum absolute atomic E-state index is 12.0. The number of nitrogens with one attached hydrogen (secondary N) is 1. The van der Waals surface area contributed by atoms with E-state index >= 15 is 0 Å². The van der Waals surface area contributed by atoms with Gasteiger partial charge in [0, 0.05) is 6.54 Å². The maximum atomic E-state index is 12.0. The Bertz CT molecular complexity index is 458. The van der Waals surface area contributed by atoms with Gasteiger partial charge in [0.05, 0.1) is 4.88 Å². The van der Waals surface area contributed by atoms with Crippen LogP contribution in [0.1, 0.15) is 54.6 Å². The Hall–Kier alpha value is -0.830. The van der Waals surface area contributed by atoms with Crippen molar-refractivity contribution in [2.45, 2.75) is 44.9 Å². The molecule has 4 aliphatic carbocycles. The van der Waals surface area contributed by atoms with Gasteiger partial charge in [0.25, 0.3) is 5.91 Å². The van der Waals surface area contributed by atoms with Crippen molar-refractivity contribution in [3.8, 4) is 0 Å². The van der Waals surface area contributed by atoms with E-state index in [1.54, 1.807) is 0 Å². The van der Waals surface area contributed by atoms with Gasteiger partial charge >= 0.3 is 0 Å². The Morgan fingerprint density at radius 1 is 1.20 bits per heavy atom. The second-order valence-electron chi connectivity index (χ2n) is 7.40. The molecule has 0 unspecified atom stereocenters. The molecular formula is C17H23NOS. The van der Waals surface area contributed by atoms with Crippen LogP contribution < -0.4 is 5.32 Å². The van der Waals surface area contributed by atoms with Crippen LogP contribution in [0.25, 0.3) is 0 Å². The highest BCUT2D eigenvalue weighted by Crippen LogP contribution is 2.61. The Labute approximate surface area is 125 Å². The minimum absolute atomic E-state index is 0.115. The summed E-state index contributed by atoms with van der Waals surface area (Å²) in [5, 5.41) is 5.10. The summed E-state index contributed by atoms with van der Waals surface area (Å²) < 4.78 is 0. The zero-order valence-corrected chi connectivity index (χ0v) is 12.8. The number of rotatable bonds is 4. The molecule has 0 atom stereocenters. The van der Waals surface area contributed by atoms with Crippen LogP contribution >= 0.6 is 11.3 Å². The summed E-state index contributed by atoms with van der Waals surface area (Å²) in [5.41, 5.74) is 0.581. The van der Waals surface area contributed by atoms with Crippen molar-refractivity contribution in [1.29, 1.82) is 0 Å². The van der Waals surface area contributed by atoms with Gasteiger partial charge in [0.1, 0.15) is 0 Å². The minimum atomic E-state index is 0.115. The topological polar surface area (TPSA) is 29.1 Å². The predicted molar refractivity (Wildman–Crippen MR) is 81.9 cm³/mol. The Morgan fingerprint density at radius 2 is 1.85 bits per heavy atom. The van der Waals surface area contributed by atoms with Gasteiger partial charge < -0.3 is 5.32 Å². The Morgan fingerprint density at radius 3 is 2.40 bits per heavy atom. The lowest BCUT2D eigenvalue weighted by atomic mass is 9.49. The first-order valence-electron chi connectivity index (χ1n) is 8.04. The lowest BCUT2D eigenvalue weighted by Crippen LogP contribution is -2.47. The number of hydrogen-bond donors (Lipinski definition) is 1. The van der Waals surface area contributed by atoms with Gasteiger partial charge in [-0.2, -0.15) is 0 Å². The molecule has 20 heavy (non-hydrogen) atoms. The van der Waals surface area contributed by atoms with Crippen molar-refractivity contribution < 1.29 is 4.79 Å². The summed E-state index contributed by atoms with van der Waals surface area (Å²) in [6.45, 7) is 0.864. The second kappa shape index (κ2) is 4.87. The van der Waals surface area contributed by atoms with E-state index in [1.807, 2.05) is 17.5 Å². The molecular weight excluding hydrogens is 266 g/mol. The highest BCUT2D eigenvalue weighted by atomic mass is 32.1. The molecule has 4 aliphatic rings. The number of thiophene rings is 1. The molecule has 108 valence electrons. The average Bonchev–Trinajstić information content (AvgIpc) is 2.90. The summed E-state index contributed by atoms with van der Waals surface area (Å²) in [6.07, 6.45) is 10.0. The Kier molecular flexibility index (Phi) is 3.13. The third kappa shape index (κ3) is 2.30. The molecule has 0 radical (unpaired) electrons. The summed E-state index contributed by atoms with van der Waals surface area (Å²) in [7, 11) is 0. The van der Waals surface area contributed by atoms with Crippen LogP contribution in [0.5, 0.6) is 0 Å². The van der Waals surface area contributed by atoms with E-state index in [9.17, 15) is 4.79 Å². The first-order valence-corrected chi connectivity index (χ1v) is 8.92. The molecule has 1 aromatic rings. The van der Waals surface area contributed by atoms with Crippen LogP contribution in [0.3, 0.4) is 0 Å². The number of hydrogen-bond acceptors (Lipinski definition) is 2. The zero-order valence-electron chi connectivity index (χ0n) is 11.9.